The molecule has 0 aromatic heterocycles. The lowest BCUT2D eigenvalue weighted by Crippen LogP contribution is -2.42. The van der Waals surface area contributed by atoms with Gasteiger partial charge in [0.25, 0.3) is 5.91 Å². The van der Waals surface area contributed by atoms with E-state index in [9.17, 15) is 32.4 Å². The maximum atomic E-state index is 14.4. The maximum absolute atomic E-state index is 14.4. The highest BCUT2D eigenvalue weighted by Gasteiger charge is 2.46. The van der Waals surface area contributed by atoms with Crippen molar-refractivity contribution in [3.63, 3.8) is 0 Å². The van der Waals surface area contributed by atoms with E-state index in [4.69, 9.17) is 5.11 Å². The second kappa shape index (κ2) is 10.3. The van der Waals surface area contributed by atoms with Crippen LogP contribution < -0.4 is 5.32 Å². The van der Waals surface area contributed by atoms with Crippen LogP contribution >= 0.6 is 0 Å². The number of nitrogens with zero attached hydrogens (tertiary/aromatic N) is 2. The molecule has 10 heteroatoms. The lowest BCUT2D eigenvalue weighted by Gasteiger charge is -2.22. The Bertz CT molecular complexity index is 1220. The van der Waals surface area contributed by atoms with Gasteiger partial charge >= 0.3 is 12.1 Å². The minimum Gasteiger partial charge on any atom is -0.481 e. The molecule has 0 spiro atoms. The fourth-order valence-corrected chi connectivity index (χ4v) is 3.72. The van der Waals surface area contributed by atoms with E-state index in [-0.39, 0.29) is 5.56 Å². The van der Waals surface area contributed by atoms with Gasteiger partial charge in [0, 0.05) is 6.42 Å². The zero-order valence-corrected chi connectivity index (χ0v) is 20.6. The number of nitrogens with one attached hydrogen (secondary N) is 1. The first kappa shape index (κ1) is 27.8. The monoisotopic (exact) mass is 517 g/mol. The van der Waals surface area contributed by atoms with Crippen LogP contribution in [0, 0.1) is 11.3 Å². The van der Waals surface area contributed by atoms with Crippen LogP contribution in [-0.2, 0) is 9.59 Å². The summed E-state index contributed by atoms with van der Waals surface area (Å²) >= 11 is 0. The Morgan fingerprint density at radius 1 is 1.03 bits per heavy atom. The van der Waals surface area contributed by atoms with Gasteiger partial charge in [0.1, 0.15) is 16.9 Å². The molecule has 1 fully saturated rings. The van der Waals surface area contributed by atoms with E-state index in [2.05, 4.69) is 10.3 Å². The maximum Gasteiger partial charge on any atom is 0.414 e. The van der Waals surface area contributed by atoms with Crippen molar-refractivity contribution < 1.29 is 32.3 Å². The van der Waals surface area contributed by atoms with Gasteiger partial charge in [0.05, 0.1) is 12.0 Å². The van der Waals surface area contributed by atoms with E-state index in [1.165, 1.54) is 24.3 Å². The Morgan fingerprint density at radius 3 is 1.89 bits per heavy atom. The van der Waals surface area contributed by atoms with Gasteiger partial charge in [0.2, 0.25) is 0 Å². The van der Waals surface area contributed by atoms with Gasteiger partial charge in [0.15, 0.2) is 6.04 Å². The van der Waals surface area contributed by atoms with Gasteiger partial charge in [-0.05, 0) is 55.9 Å². The second-order valence-electron chi connectivity index (χ2n) is 9.87. The molecule has 37 heavy (non-hydrogen) atoms. The summed E-state index contributed by atoms with van der Waals surface area (Å²) in [6, 6.07) is 11.5. The molecule has 1 saturated carbocycles. The SMILES string of the molecule is C[C@H](C(=O)O)c1ccc(-c2ccc([C@H](N=C(CC(C)(C)F)C(=O)NC3(C#N)CC3)C(F)(F)F)cc2)cc1. The molecule has 2 aromatic carbocycles. The molecule has 1 amide bonds. The van der Waals surface area contributed by atoms with Gasteiger partial charge in [-0.1, -0.05) is 48.5 Å². The standard InChI is InChI=1S/C27H27F4N3O3/c1-16(24(36)37)17-4-6-18(7-5-17)19-8-10-20(11-9-19)22(27(29,30)31)33-21(14-25(2,3)28)23(35)34-26(15-32)12-13-26/h4-11,16,22H,12-14H2,1-3H3,(H,34,35)(H,36,37)/t16-,22-/m0/s1. The van der Waals surface area contributed by atoms with Crippen LogP contribution in [-0.4, -0.2) is 40.1 Å². The molecule has 196 valence electrons. The molecule has 6 nitrogen and oxygen atoms in total. The third-order valence-corrected chi connectivity index (χ3v) is 6.10. The number of benzene rings is 2. The number of nitriles is 1. The first-order valence-electron chi connectivity index (χ1n) is 11.6. The number of carbonyl (C=O) groups is 2. The Labute approximate surface area is 212 Å². The molecular weight excluding hydrogens is 490 g/mol. The van der Waals surface area contributed by atoms with Crippen LogP contribution in [0.4, 0.5) is 17.6 Å². The minimum absolute atomic E-state index is 0.240. The Kier molecular flexibility index (Phi) is 7.77. The molecule has 3 rings (SSSR count). The van der Waals surface area contributed by atoms with Gasteiger partial charge in [-0.15, -0.1) is 0 Å². The summed E-state index contributed by atoms with van der Waals surface area (Å²) in [6.07, 6.45) is -4.80. The molecule has 1 aliphatic rings. The predicted octanol–water partition coefficient (Wildman–Crippen LogP) is 5.90. The highest BCUT2D eigenvalue weighted by molar-refractivity contribution is 6.39. The number of hydrogen-bond acceptors (Lipinski definition) is 4. The van der Waals surface area contributed by atoms with Crippen molar-refractivity contribution in [1.82, 2.24) is 5.32 Å². The number of alkyl halides is 4. The van der Waals surface area contributed by atoms with E-state index < -0.39 is 53.4 Å². The lowest BCUT2D eigenvalue weighted by molar-refractivity contribution is -0.148. The molecule has 0 radical (unpaired) electrons. The molecule has 0 heterocycles. The van der Waals surface area contributed by atoms with E-state index in [1.807, 2.05) is 6.07 Å². The van der Waals surface area contributed by atoms with Gasteiger partial charge in [-0.2, -0.15) is 18.4 Å². The number of aliphatic carboxylic acids is 1. The third kappa shape index (κ3) is 7.15. The number of carboxylic acids is 1. The fourth-order valence-electron chi connectivity index (χ4n) is 3.72. The van der Waals surface area contributed by atoms with Crippen molar-refractivity contribution in [2.75, 3.05) is 0 Å². The van der Waals surface area contributed by atoms with E-state index in [0.717, 1.165) is 13.8 Å². The third-order valence-electron chi connectivity index (χ3n) is 6.10. The number of carbonyl (C=O) groups excluding carboxylic acids is 1. The van der Waals surface area contributed by atoms with Crippen LogP contribution in [0.5, 0.6) is 0 Å². The summed E-state index contributed by atoms with van der Waals surface area (Å²) in [5.41, 5.74) is -2.17. The number of hydrogen-bond donors (Lipinski definition) is 2. The van der Waals surface area contributed by atoms with Crippen LogP contribution in [0.25, 0.3) is 11.1 Å². The van der Waals surface area contributed by atoms with Crippen LogP contribution in [0.3, 0.4) is 0 Å². The van der Waals surface area contributed by atoms with E-state index >= 15 is 0 Å². The summed E-state index contributed by atoms with van der Waals surface area (Å²) in [4.78, 5) is 27.6. The lowest BCUT2D eigenvalue weighted by atomic mass is 9.96. The van der Waals surface area contributed by atoms with Gasteiger partial charge in [-0.3, -0.25) is 14.6 Å². The molecular formula is C27H27F4N3O3. The Hall–Kier alpha value is -3.74. The summed E-state index contributed by atoms with van der Waals surface area (Å²) in [5.74, 6) is -2.67. The van der Waals surface area contributed by atoms with Crippen LogP contribution in [0.2, 0.25) is 0 Å². The molecule has 0 saturated heterocycles. The first-order chi connectivity index (χ1) is 17.1. The van der Waals surface area contributed by atoms with Crippen LogP contribution in [0.1, 0.15) is 63.1 Å². The predicted molar refractivity (Wildman–Crippen MR) is 130 cm³/mol. The van der Waals surface area contributed by atoms with E-state index in [1.54, 1.807) is 31.2 Å². The molecule has 1 aliphatic carbocycles. The summed E-state index contributed by atoms with van der Waals surface area (Å²) in [5, 5.41) is 20.7. The highest BCUT2D eigenvalue weighted by Crippen LogP contribution is 2.38. The molecule has 0 aliphatic heterocycles. The highest BCUT2D eigenvalue weighted by atomic mass is 19.4. The van der Waals surface area contributed by atoms with Crippen molar-refractivity contribution in [3.8, 4) is 17.2 Å². The molecule has 0 unspecified atom stereocenters. The fraction of sp³-hybridized carbons (Fsp3) is 0.407. The summed E-state index contributed by atoms with van der Waals surface area (Å²) < 4.78 is 56.6. The Balaban J connectivity index is 1.92. The summed E-state index contributed by atoms with van der Waals surface area (Å²) in [6.45, 7) is 3.81. The first-order valence-corrected chi connectivity index (χ1v) is 11.6. The molecule has 2 aromatic rings. The molecule has 2 N–H and O–H groups in total. The number of aliphatic imine (C=N–C) groups is 1. The van der Waals surface area contributed by atoms with Crippen molar-refractivity contribution in [2.45, 2.75) is 69.4 Å². The van der Waals surface area contributed by atoms with Gasteiger partial charge < -0.3 is 10.4 Å². The number of rotatable bonds is 9. The zero-order valence-electron chi connectivity index (χ0n) is 20.6. The van der Waals surface area contributed by atoms with Crippen molar-refractivity contribution in [2.24, 2.45) is 4.99 Å². The normalized spacial score (nSPS) is 16.9. The largest absolute Gasteiger partial charge is 0.481 e. The van der Waals surface area contributed by atoms with Crippen molar-refractivity contribution >= 4 is 17.6 Å². The van der Waals surface area contributed by atoms with E-state index in [0.29, 0.717) is 29.5 Å². The number of halogens is 4. The minimum atomic E-state index is -4.87. The molecule has 2 atom stereocenters. The number of carboxylic acid groups (broad SMARTS) is 1. The average molecular weight is 518 g/mol. The smallest absolute Gasteiger partial charge is 0.414 e. The number of amides is 1. The van der Waals surface area contributed by atoms with Crippen LogP contribution in [0.15, 0.2) is 53.5 Å². The topological polar surface area (TPSA) is 103 Å². The average Bonchev–Trinajstić information content (AvgIpc) is 3.59. The summed E-state index contributed by atoms with van der Waals surface area (Å²) in [7, 11) is 0. The zero-order chi connectivity index (χ0) is 27.6. The molecule has 0 bridgehead atoms. The Morgan fingerprint density at radius 2 is 1.51 bits per heavy atom. The van der Waals surface area contributed by atoms with Crippen molar-refractivity contribution in [3.05, 3.63) is 59.7 Å². The second-order valence-corrected chi connectivity index (χ2v) is 9.87. The van der Waals surface area contributed by atoms with Gasteiger partial charge in [-0.25, -0.2) is 4.39 Å². The van der Waals surface area contributed by atoms with Crippen molar-refractivity contribution in [1.29, 1.82) is 5.26 Å². The quantitative estimate of drug-likeness (QED) is 0.320.